The third-order valence-electron chi connectivity index (χ3n) is 8.20. The summed E-state index contributed by atoms with van der Waals surface area (Å²) in [6, 6.07) is 8.06. The lowest BCUT2D eigenvalue weighted by atomic mass is 9.89. The maximum atomic E-state index is 15.8. The number of likely N-dealkylation sites (N-methyl/N-ethyl adjacent to an activating group) is 1. The van der Waals surface area contributed by atoms with Gasteiger partial charge in [-0.25, -0.2) is 4.39 Å². The Labute approximate surface area is 277 Å². The van der Waals surface area contributed by atoms with Crippen LogP contribution in [-0.2, 0) is 15.1 Å². The molecule has 0 spiro atoms. The largest absolute Gasteiger partial charge is 0.481 e. The van der Waals surface area contributed by atoms with Gasteiger partial charge < -0.3 is 25.2 Å². The minimum atomic E-state index is -1.23. The Morgan fingerprint density at radius 2 is 1.60 bits per heavy atom. The van der Waals surface area contributed by atoms with Gasteiger partial charge in [0.15, 0.2) is 0 Å². The molecule has 2 atom stereocenters. The molecule has 0 aliphatic carbocycles. The molecule has 2 amide bonds. The fraction of sp³-hybridized carbons (Fsp3) is 0.459. The lowest BCUT2D eigenvalue weighted by molar-refractivity contribution is -0.137. The summed E-state index contributed by atoms with van der Waals surface area (Å²) in [5, 5.41) is 15.2. The Morgan fingerprint density at radius 1 is 0.979 bits per heavy atom. The number of pyridine rings is 1. The van der Waals surface area contributed by atoms with E-state index in [9.17, 15) is 24.3 Å². The molecular weight excluding hydrogens is 599 g/mol. The van der Waals surface area contributed by atoms with Gasteiger partial charge in [-0.1, -0.05) is 31.5 Å². The zero-order valence-corrected chi connectivity index (χ0v) is 29.2. The predicted molar refractivity (Wildman–Crippen MR) is 183 cm³/mol. The molecule has 0 bridgehead atoms. The highest BCUT2D eigenvalue weighted by molar-refractivity contribution is 5.97. The number of aryl methyl sites for hydroxylation is 4. The number of nitrogens with one attached hydrogen (secondary N) is 2. The van der Waals surface area contributed by atoms with E-state index in [0.29, 0.717) is 17.7 Å². The second kappa shape index (κ2) is 15.1. The topological polar surface area (TPSA) is 121 Å². The fourth-order valence-electron chi connectivity index (χ4n) is 6.45. The summed E-state index contributed by atoms with van der Waals surface area (Å²) in [6.45, 7) is 15.6. The molecule has 0 aliphatic rings. The van der Waals surface area contributed by atoms with Gasteiger partial charge in [0.1, 0.15) is 17.4 Å². The quantitative estimate of drug-likeness (QED) is 0.220. The van der Waals surface area contributed by atoms with Crippen molar-refractivity contribution in [3.8, 4) is 11.1 Å². The highest BCUT2D eigenvalue weighted by Gasteiger charge is 2.30. The molecule has 0 aliphatic heterocycles. The van der Waals surface area contributed by atoms with Crippen LogP contribution >= 0.6 is 0 Å². The zero-order valence-electron chi connectivity index (χ0n) is 29.2. The number of aliphatic carboxylic acids is 1. The Hall–Kier alpha value is -4.31. The molecular formula is C37H49FN4O5. The number of aromatic nitrogens is 1. The van der Waals surface area contributed by atoms with Crippen molar-refractivity contribution in [1.82, 2.24) is 20.1 Å². The number of rotatable bonds is 13. The Bertz CT molecular complexity index is 1690. The summed E-state index contributed by atoms with van der Waals surface area (Å²) in [4.78, 5) is 54.7. The molecule has 1 aromatic heterocycles. The summed E-state index contributed by atoms with van der Waals surface area (Å²) >= 11 is 0. The van der Waals surface area contributed by atoms with Gasteiger partial charge in [0.25, 0.3) is 11.5 Å². The van der Waals surface area contributed by atoms with Crippen molar-refractivity contribution in [3.63, 3.8) is 0 Å². The number of carbonyl (C=O) groups is 3. The van der Waals surface area contributed by atoms with E-state index in [4.69, 9.17) is 0 Å². The Balaban J connectivity index is 2.00. The van der Waals surface area contributed by atoms with Crippen LogP contribution in [0.2, 0.25) is 0 Å². The molecule has 9 nitrogen and oxygen atoms in total. The van der Waals surface area contributed by atoms with Crippen molar-refractivity contribution < 1.29 is 23.9 Å². The van der Waals surface area contributed by atoms with Crippen LogP contribution in [0.4, 0.5) is 4.39 Å². The van der Waals surface area contributed by atoms with E-state index in [1.165, 1.54) is 10.6 Å². The molecule has 254 valence electrons. The van der Waals surface area contributed by atoms with Crippen LogP contribution in [0.25, 0.3) is 11.1 Å². The summed E-state index contributed by atoms with van der Waals surface area (Å²) in [7, 11) is 3.79. The van der Waals surface area contributed by atoms with E-state index in [1.54, 1.807) is 31.3 Å². The van der Waals surface area contributed by atoms with Gasteiger partial charge >= 0.3 is 5.97 Å². The smallest absolute Gasteiger partial charge is 0.305 e. The monoisotopic (exact) mass is 648 g/mol. The van der Waals surface area contributed by atoms with Gasteiger partial charge in [-0.05, 0) is 120 Å². The van der Waals surface area contributed by atoms with E-state index in [1.807, 2.05) is 79.6 Å². The Morgan fingerprint density at radius 3 is 2.15 bits per heavy atom. The lowest BCUT2D eigenvalue weighted by Gasteiger charge is -2.31. The van der Waals surface area contributed by atoms with E-state index >= 15 is 4.39 Å². The number of carboxylic acids is 1. The van der Waals surface area contributed by atoms with E-state index in [2.05, 4.69) is 10.6 Å². The standard InChI is InChI=1S/C37H49FN4O5/c1-21(2)14-30(40-34(45)27-12-11-13-42(36(27)47)37(7,8)20-41(9)10)35(46)39-29(19-31(43)44)28-18-26(17-25(6)33(28)38)32-23(4)15-22(3)16-24(32)5/h11-13,15-18,21,29-30H,14,19-20H2,1-10H3,(H,39,46)(H,40,45)(H,43,44)/t29-,30-/m0/s1. The van der Waals surface area contributed by atoms with Gasteiger partial charge in [0.05, 0.1) is 18.0 Å². The van der Waals surface area contributed by atoms with Crippen LogP contribution in [0.3, 0.4) is 0 Å². The van der Waals surface area contributed by atoms with Crippen LogP contribution in [0.5, 0.6) is 0 Å². The van der Waals surface area contributed by atoms with Gasteiger partial charge in [0.2, 0.25) is 5.91 Å². The van der Waals surface area contributed by atoms with E-state index < -0.39 is 53.2 Å². The van der Waals surface area contributed by atoms with E-state index in [0.717, 1.165) is 22.3 Å². The summed E-state index contributed by atoms with van der Waals surface area (Å²) in [5.74, 6) is -3.29. The van der Waals surface area contributed by atoms with Gasteiger partial charge in [-0.15, -0.1) is 0 Å². The number of hydrogen-bond acceptors (Lipinski definition) is 5. The number of amides is 2. The minimum absolute atomic E-state index is 0.0406. The SMILES string of the molecule is Cc1cc(C)c(-c2cc(C)c(F)c([C@H](CC(=O)O)NC(=O)[C@H](CC(C)C)NC(=O)c3cccn(C(C)(C)CN(C)C)c3=O)c2)c(C)c1. The molecule has 0 saturated carbocycles. The average molecular weight is 649 g/mol. The lowest BCUT2D eigenvalue weighted by Crippen LogP contribution is -2.50. The van der Waals surface area contributed by atoms with Crippen LogP contribution < -0.4 is 16.2 Å². The number of hydrogen-bond donors (Lipinski definition) is 3. The van der Waals surface area contributed by atoms with Crippen molar-refractivity contribution in [1.29, 1.82) is 0 Å². The molecule has 3 N–H and O–H groups in total. The third-order valence-corrected chi connectivity index (χ3v) is 8.20. The molecule has 0 unspecified atom stereocenters. The van der Waals surface area contributed by atoms with Gasteiger partial charge in [0, 0.05) is 18.3 Å². The first-order chi connectivity index (χ1) is 21.8. The number of carbonyl (C=O) groups excluding carboxylic acids is 2. The van der Waals surface area contributed by atoms with Crippen molar-refractivity contribution >= 4 is 17.8 Å². The molecule has 2 aromatic carbocycles. The number of carboxylic acid groups (broad SMARTS) is 1. The first-order valence-electron chi connectivity index (χ1n) is 15.9. The number of halogens is 1. The number of nitrogens with zero attached hydrogens (tertiary/aromatic N) is 2. The normalized spacial score (nSPS) is 13.0. The molecule has 3 rings (SSSR count). The maximum Gasteiger partial charge on any atom is 0.305 e. The predicted octanol–water partition coefficient (Wildman–Crippen LogP) is 5.66. The zero-order chi connectivity index (χ0) is 35.4. The second-order valence-electron chi connectivity index (χ2n) is 13.9. The summed E-state index contributed by atoms with van der Waals surface area (Å²) < 4.78 is 17.3. The van der Waals surface area contributed by atoms with Crippen molar-refractivity contribution in [2.24, 2.45) is 5.92 Å². The minimum Gasteiger partial charge on any atom is -0.481 e. The maximum absolute atomic E-state index is 15.8. The molecule has 0 saturated heterocycles. The van der Waals surface area contributed by atoms with Crippen molar-refractivity contribution in [2.75, 3.05) is 20.6 Å². The summed E-state index contributed by atoms with van der Waals surface area (Å²) in [5.41, 5.74) is 3.79. The highest BCUT2D eigenvalue weighted by atomic mass is 19.1. The van der Waals surface area contributed by atoms with E-state index in [-0.39, 0.29) is 23.5 Å². The molecule has 0 radical (unpaired) electrons. The second-order valence-corrected chi connectivity index (χ2v) is 13.9. The first-order valence-corrected chi connectivity index (χ1v) is 15.9. The molecule has 1 heterocycles. The average Bonchev–Trinajstić information content (AvgIpc) is 2.92. The highest BCUT2D eigenvalue weighted by Crippen LogP contribution is 2.34. The molecule has 47 heavy (non-hydrogen) atoms. The van der Waals surface area contributed by atoms with Gasteiger partial charge in [-0.3, -0.25) is 19.2 Å². The van der Waals surface area contributed by atoms with Gasteiger partial charge in [-0.2, -0.15) is 0 Å². The first kappa shape index (κ1) is 37.2. The van der Waals surface area contributed by atoms with Crippen molar-refractivity contribution in [3.05, 3.63) is 92.1 Å². The molecule has 10 heteroatoms. The van der Waals surface area contributed by atoms with Crippen LogP contribution in [0, 0.1) is 39.4 Å². The fourth-order valence-corrected chi connectivity index (χ4v) is 6.45. The third kappa shape index (κ3) is 9.16. The summed E-state index contributed by atoms with van der Waals surface area (Å²) in [6.07, 6.45) is 1.25. The van der Waals surface area contributed by atoms with Crippen LogP contribution in [0.1, 0.15) is 84.8 Å². The van der Waals surface area contributed by atoms with Crippen LogP contribution in [-0.4, -0.2) is 59.0 Å². The number of benzene rings is 2. The molecule has 0 fully saturated rings. The Kier molecular flexibility index (Phi) is 11.9. The van der Waals surface area contributed by atoms with Crippen molar-refractivity contribution in [2.45, 2.75) is 85.9 Å². The molecule has 3 aromatic rings. The van der Waals surface area contributed by atoms with Crippen LogP contribution in [0.15, 0.2) is 47.4 Å².